The number of carbonyl (C=O) groups excluding carboxylic acids is 1. The zero-order chi connectivity index (χ0) is 23.7. The molecule has 2 aromatic heterocycles. The summed E-state index contributed by atoms with van der Waals surface area (Å²) in [5.41, 5.74) is -0.0421. The van der Waals surface area contributed by atoms with Crippen LogP contribution in [0.4, 0.5) is 22.0 Å². The molecule has 3 heterocycles. The molecule has 1 amide bonds. The summed E-state index contributed by atoms with van der Waals surface area (Å²) in [6, 6.07) is 3.86. The van der Waals surface area contributed by atoms with Crippen molar-refractivity contribution >= 4 is 28.5 Å². The molecule has 2 N–H and O–H groups in total. The fourth-order valence-electron chi connectivity index (χ4n) is 3.98. The second kappa shape index (κ2) is 7.27. The van der Waals surface area contributed by atoms with Crippen LogP contribution in [0.15, 0.2) is 30.3 Å². The van der Waals surface area contributed by atoms with E-state index in [-0.39, 0.29) is 39.9 Å². The fourth-order valence-corrected chi connectivity index (χ4v) is 4.20. The molecule has 1 unspecified atom stereocenters. The Morgan fingerprint density at radius 1 is 1.18 bits per heavy atom. The Morgan fingerprint density at radius 2 is 1.94 bits per heavy atom. The molecule has 33 heavy (non-hydrogen) atoms. The Labute approximate surface area is 187 Å². The van der Waals surface area contributed by atoms with Gasteiger partial charge in [-0.15, -0.1) is 0 Å². The minimum Gasteiger partial charge on any atom is -0.343 e. The molecular weight excluding hydrogens is 469 g/mol. The number of fused-ring (bicyclic) bond motifs is 2. The number of alkyl halides is 3. The number of carbonyl (C=O) groups is 1. The van der Waals surface area contributed by atoms with Crippen LogP contribution in [0.2, 0.25) is 5.02 Å². The van der Waals surface area contributed by atoms with E-state index in [1.54, 1.807) is 6.92 Å². The number of halogens is 6. The van der Waals surface area contributed by atoms with Gasteiger partial charge in [-0.2, -0.15) is 18.3 Å². The molecule has 1 aliphatic heterocycles. The Morgan fingerprint density at radius 3 is 2.67 bits per heavy atom. The Bertz CT molecular complexity index is 1440. The molecule has 1 atom stereocenters. The van der Waals surface area contributed by atoms with Crippen molar-refractivity contribution in [2.24, 2.45) is 0 Å². The van der Waals surface area contributed by atoms with Crippen LogP contribution in [-0.2, 0) is 17.4 Å². The van der Waals surface area contributed by atoms with E-state index in [0.717, 1.165) is 6.07 Å². The van der Waals surface area contributed by atoms with E-state index in [4.69, 9.17) is 11.6 Å². The molecule has 12 heteroatoms. The molecule has 170 valence electrons. The van der Waals surface area contributed by atoms with Crippen LogP contribution in [0.5, 0.6) is 0 Å². The van der Waals surface area contributed by atoms with E-state index in [2.05, 4.69) is 20.4 Å². The molecule has 0 spiro atoms. The molecule has 0 fully saturated rings. The molecule has 0 aliphatic carbocycles. The molecule has 4 aromatic rings. The molecule has 0 saturated heterocycles. The molecular formula is C21H13ClF5N5O. The topological polar surface area (TPSA) is 75.6 Å². The van der Waals surface area contributed by atoms with Gasteiger partial charge in [0.15, 0.2) is 0 Å². The predicted molar refractivity (Wildman–Crippen MR) is 108 cm³/mol. The molecule has 1 aliphatic rings. The summed E-state index contributed by atoms with van der Waals surface area (Å²) in [5.74, 6) is -2.12. The van der Waals surface area contributed by atoms with Crippen LogP contribution < -0.4 is 5.32 Å². The van der Waals surface area contributed by atoms with Crippen molar-refractivity contribution < 1.29 is 26.7 Å². The lowest BCUT2D eigenvalue weighted by Crippen LogP contribution is -2.37. The number of aromatic amines is 1. The normalized spacial score (nSPS) is 16.2. The van der Waals surface area contributed by atoms with E-state index in [0.29, 0.717) is 23.0 Å². The van der Waals surface area contributed by atoms with Gasteiger partial charge in [0.2, 0.25) is 11.9 Å². The van der Waals surface area contributed by atoms with Crippen molar-refractivity contribution in [1.29, 1.82) is 0 Å². The van der Waals surface area contributed by atoms with Gasteiger partial charge in [-0.3, -0.25) is 4.79 Å². The van der Waals surface area contributed by atoms with Crippen molar-refractivity contribution in [1.82, 2.24) is 25.1 Å². The van der Waals surface area contributed by atoms with Crippen molar-refractivity contribution in [2.45, 2.75) is 25.6 Å². The van der Waals surface area contributed by atoms with Crippen LogP contribution in [0.1, 0.15) is 34.1 Å². The first kappa shape index (κ1) is 21.4. The van der Waals surface area contributed by atoms with Crippen molar-refractivity contribution in [3.8, 4) is 5.95 Å². The monoisotopic (exact) mass is 481 g/mol. The van der Waals surface area contributed by atoms with Gasteiger partial charge in [0.25, 0.3) is 0 Å². The average molecular weight is 482 g/mol. The van der Waals surface area contributed by atoms with Crippen LogP contribution in [-0.4, -0.2) is 25.7 Å². The van der Waals surface area contributed by atoms with Crippen LogP contribution in [0.3, 0.4) is 0 Å². The highest BCUT2D eigenvalue weighted by Gasteiger charge is 2.35. The third kappa shape index (κ3) is 3.52. The Kier molecular flexibility index (Phi) is 4.71. The number of rotatable bonds is 2. The molecule has 2 aromatic carbocycles. The third-order valence-corrected chi connectivity index (χ3v) is 5.81. The number of nitrogens with one attached hydrogen (secondary N) is 2. The number of hydrogen-bond acceptors (Lipinski definition) is 3. The number of H-pyrrole nitrogens is 1. The first-order chi connectivity index (χ1) is 15.5. The quantitative estimate of drug-likeness (QED) is 0.405. The summed E-state index contributed by atoms with van der Waals surface area (Å²) >= 11 is 6.27. The highest BCUT2D eigenvalue weighted by Crippen LogP contribution is 2.37. The second-order valence-electron chi connectivity index (χ2n) is 7.61. The number of hydrogen-bond donors (Lipinski definition) is 2. The van der Waals surface area contributed by atoms with Crippen LogP contribution in [0, 0.1) is 18.6 Å². The lowest BCUT2D eigenvalue weighted by molar-refractivity contribution is -0.137. The zero-order valence-corrected chi connectivity index (χ0v) is 17.4. The average Bonchev–Trinajstić information content (AvgIpc) is 3.30. The van der Waals surface area contributed by atoms with Gasteiger partial charge in [0.05, 0.1) is 34.9 Å². The van der Waals surface area contributed by atoms with Crippen LogP contribution in [0.25, 0.3) is 17.0 Å². The summed E-state index contributed by atoms with van der Waals surface area (Å²) in [7, 11) is 0. The van der Waals surface area contributed by atoms with E-state index in [1.165, 1.54) is 22.9 Å². The Balaban J connectivity index is 1.72. The largest absolute Gasteiger partial charge is 0.416 e. The number of aryl methyl sites for hydroxylation is 1. The lowest BCUT2D eigenvalue weighted by atomic mass is 9.94. The second-order valence-corrected chi connectivity index (χ2v) is 8.02. The van der Waals surface area contributed by atoms with Gasteiger partial charge in [0.1, 0.15) is 17.2 Å². The van der Waals surface area contributed by atoms with Crippen molar-refractivity contribution in [3.63, 3.8) is 0 Å². The van der Waals surface area contributed by atoms with Gasteiger partial charge in [-0.05, 0) is 37.3 Å². The summed E-state index contributed by atoms with van der Waals surface area (Å²) in [6.07, 6.45) is -4.78. The minimum atomic E-state index is -4.75. The maximum Gasteiger partial charge on any atom is 0.416 e. The standard InChI is InChI=1S/C21H13ClF5N5O/c1-8-11-7-16(33)29-17(12-6-10(23)2-3-13(12)22)19(11)32(31-8)20-28-15-5-9(21(25,26)27)4-14(24)18(15)30-20/h2-6,17H,7H2,1H3,(H,28,30)(H,29,33). The Hall–Kier alpha value is -3.47. The van der Waals surface area contributed by atoms with Gasteiger partial charge in [-0.1, -0.05) is 11.6 Å². The summed E-state index contributed by atoms with van der Waals surface area (Å²) < 4.78 is 68.9. The number of benzene rings is 2. The van der Waals surface area contributed by atoms with Gasteiger partial charge in [0, 0.05) is 16.1 Å². The number of nitrogens with zero attached hydrogens (tertiary/aromatic N) is 3. The highest BCUT2D eigenvalue weighted by molar-refractivity contribution is 6.31. The van der Waals surface area contributed by atoms with Gasteiger partial charge < -0.3 is 10.3 Å². The van der Waals surface area contributed by atoms with E-state index < -0.39 is 29.4 Å². The highest BCUT2D eigenvalue weighted by atomic mass is 35.5. The lowest BCUT2D eigenvalue weighted by Gasteiger charge is -2.26. The smallest absolute Gasteiger partial charge is 0.343 e. The van der Waals surface area contributed by atoms with E-state index in [1.807, 2.05) is 0 Å². The van der Waals surface area contributed by atoms with E-state index >= 15 is 0 Å². The molecule has 0 bridgehead atoms. The molecule has 5 rings (SSSR count). The number of aromatic nitrogens is 4. The summed E-state index contributed by atoms with van der Waals surface area (Å²) in [4.78, 5) is 19.1. The molecule has 6 nitrogen and oxygen atoms in total. The molecule has 0 saturated carbocycles. The van der Waals surface area contributed by atoms with E-state index in [9.17, 15) is 26.7 Å². The summed E-state index contributed by atoms with van der Waals surface area (Å²) in [5, 5.41) is 7.29. The number of amides is 1. The van der Waals surface area contributed by atoms with Gasteiger partial charge >= 0.3 is 6.18 Å². The molecule has 0 radical (unpaired) electrons. The predicted octanol–water partition coefficient (Wildman–Crippen LogP) is 4.77. The van der Waals surface area contributed by atoms with Crippen molar-refractivity contribution in [2.75, 3.05) is 0 Å². The number of imidazole rings is 1. The maximum absolute atomic E-state index is 14.4. The maximum atomic E-state index is 14.4. The SMILES string of the molecule is Cc1nn(-c2nc3cc(C(F)(F)F)cc(F)c3[nH]2)c2c1CC(=O)NC2c1cc(F)ccc1Cl. The summed E-state index contributed by atoms with van der Waals surface area (Å²) in [6.45, 7) is 1.64. The van der Waals surface area contributed by atoms with Crippen molar-refractivity contribution in [3.05, 3.63) is 75.1 Å². The first-order valence-electron chi connectivity index (χ1n) is 9.62. The zero-order valence-electron chi connectivity index (χ0n) is 16.7. The fraction of sp³-hybridized carbons (Fsp3) is 0.190. The minimum absolute atomic E-state index is 0.0303. The first-order valence-corrected chi connectivity index (χ1v) is 10.00. The van der Waals surface area contributed by atoms with Gasteiger partial charge in [-0.25, -0.2) is 18.4 Å². The third-order valence-electron chi connectivity index (χ3n) is 5.47. The van der Waals surface area contributed by atoms with Crippen LogP contribution >= 0.6 is 11.6 Å².